The number of rotatable bonds is 4. The van der Waals surface area contributed by atoms with Crippen LogP contribution in [0.2, 0.25) is 0 Å². The zero-order chi connectivity index (χ0) is 17.8. The molecule has 3 heteroatoms. The molecule has 0 aliphatic heterocycles. The van der Waals surface area contributed by atoms with Gasteiger partial charge in [-0.25, -0.2) is 0 Å². The molecular weight excluding hydrogens is 308 g/mol. The van der Waals surface area contributed by atoms with E-state index in [4.69, 9.17) is 0 Å². The van der Waals surface area contributed by atoms with Gasteiger partial charge in [0, 0.05) is 11.4 Å². The van der Waals surface area contributed by atoms with E-state index in [0.29, 0.717) is 5.56 Å². The van der Waals surface area contributed by atoms with Gasteiger partial charge < -0.3 is 10.6 Å². The summed E-state index contributed by atoms with van der Waals surface area (Å²) in [6.45, 7) is 6.14. The second-order valence-electron chi connectivity index (χ2n) is 6.31. The molecule has 1 amide bonds. The molecule has 0 bridgehead atoms. The van der Waals surface area contributed by atoms with Crippen molar-refractivity contribution >= 4 is 23.0 Å². The number of carbonyl (C=O) groups excluding carboxylic acids is 1. The average Bonchev–Trinajstić information content (AvgIpc) is 2.58. The van der Waals surface area contributed by atoms with Crippen molar-refractivity contribution in [1.82, 2.24) is 0 Å². The highest BCUT2D eigenvalue weighted by Crippen LogP contribution is 2.25. The van der Waals surface area contributed by atoms with Crippen LogP contribution in [0.5, 0.6) is 0 Å². The molecule has 0 radical (unpaired) electrons. The third kappa shape index (κ3) is 4.07. The molecule has 0 unspecified atom stereocenters. The van der Waals surface area contributed by atoms with E-state index in [0.717, 1.165) is 28.2 Å². The van der Waals surface area contributed by atoms with Crippen LogP contribution in [0, 0.1) is 20.8 Å². The Balaban J connectivity index is 1.86. The molecule has 0 saturated carbocycles. The first kappa shape index (κ1) is 16.8. The molecule has 0 fully saturated rings. The van der Waals surface area contributed by atoms with Crippen molar-refractivity contribution in [1.29, 1.82) is 0 Å². The van der Waals surface area contributed by atoms with Crippen LogP contribution in [0.15, 0.2) is 66.7 Å². The highest BCUT2D eigenvalue weighted by atomic mass is 16.1. The maximum Gasteiger partial charge on any atom is 0.257 e. The fourth-order valence-electron chi connectivity index (χ4n) is 2.81. The molecule has 3 aromatic rings. The standard InChI is InChI=1S/C22H22N2O/c1-15-7-6-8-18(14-15)23-22(25)19-9-4-5-10-21(19)24-20-12-11-16(2)13-17(20)3/h4-14,24H,1-3H3,(H,23,25). The summed E-state index contributed by atoms with van der Waals surface area (Å²) in [6.07, 6.45) is 0. The lowest BCUT2D eigenvalue weighted by Gasteiger charge is -2.14. The van der Waals surface area contributed by atoms with Crippen molar-refractivity contribution in [3.05, 3.63) is 89.0 Å². The van der Waals surface area contributed by atoms with E-state index in [1.165, 1.54) is 5.56 Å². The number of amides is 1. The van der Waals surface area contributed by atoms with Gasteiger partial charge in [0.05, 0.1) is 11.3 Å². The summed E-state index contributed by atoms with van der Waals surface area (Å²) in [7, 11) is 0. The minimum absolute atomic E-state index is 0.126. The Morgan fingerprint density at radius 2 is 1.52 bits per heavy atom. The third-order valence-electron chi connectivity index (χ3n) is 4.10. The molecule has 126 valence electrons. The normalized spacial score (nSPS) is 10.4. The minimum atomic E-state index is -0.126. The van der Waals surface area contributed by atoms with E-state index in [1.54, 1.807) is 0 Å². The molecule has 0 atom stereocenters. The number of carbonyl (C=O) groups is 1. The van der Waals surface area contributed by atoms with Gasteiger partial charge in [-0.15, -0.1) is 0 Å². The molecule has 3 rings (SSSR count). The van der Waals surface area contributed by atoms with Crippen LogP contribution < -0.4 is 10.6 Å². The highest BCUT2D eigenvalue weighted by molar-refractivity contribution is 6.08. The summed E-state index contributed by atoms with van der Waals surface area (Å²) in [6, 6.07) is 21.6. The number of benzene rings is 3. The predicted octanol–water partition coefficient (Wildman–Crippen LogP) is 5.61. The monoisotopic (exact) mass is 330 g/mol. The number of nitrogens with one attached hydrogen (secondary N) is 2. The SMILES string of the molecule is Cc1cccc(NC(=O)c2ccccc2Nc2ccc(C)cc2C)c1. The lowest BCUT2D eigenvalue weighted by molar-refractivity contribution is 0.102. The van der Waals surface area contributed by atoms with Crippen LogP contribution in [0.1, 0.15) is 27.0 Å². The maximum atomic E-state index is 12.7. The Labute approximate surface area is 148 Å². The quantitative estimate of drug-likeness (QED) is 0.653. The Morgan fingerprint density at radius 1 is 0.760 bits per heavy atom. The summed E-state index contributed by atoms with van der Waals surface area (Å²) in [5, 5.41) is 6.36. The Morgan fingerprint density at radius 3 is 2.28 bits per heavy atom. The zero-order valence-electron chi connectivity index (χ0n) is 14.8. The first-order chi connectivity index (χ1) is 12.0. The van der Waals surface area contributed by atoms with Crippen LogP contribution >= 0.6 is 0 Å². The predicted molar refractivity (Wildman–Crippen MR) is 105 cm³/mol. The summed E-state index contributed by atoms with van der Waals surface area (Å²) in [5.41, 5.74) is 6.68. The molecule has 3 nitrogen and oxygen atoms in total. The Kier molecular flexibility index (Phi) is 4.85. The smallest absolute Gasteiger partial charge is 0.257 e. The van der Waals surface area contributed by atoms with Crippen LogP contribution in [0.3, 0.4) is 0 Å². The van der Waals surface area contributed by atoms with E-state index in [-0.39, 0.29) is 5.91 Å². The number of para-hydroxylation sites is 1. The average molecular weight is 330 g/mol. The fourth-order valence-corrected chi connectivity index (χ4v) is 2.81. The van der Waals surface area contributed by atoms with Crippen molar-refractivity contribution in [2.45, 2.75) is 20.8 Å². The van der Waals surface area contributed by atoms with Crippen LogP contribution in [0.25, 0.3) is 0 Å². The topological polar surface area (TPSA) is 41.1 Å². The first-order valence-electron chi connectivity index (χ1n) is 8.34. The minimum Gasteiger partial charge on any atom is -0.355 e. The van der Waals surface area contributed by atoms with Gasteiger partial charge in [-0.3, -0.25) is 4.79 Å². The van der Waals surface area contributed by atoms with Crippen LogP contribution in [-0.4, -0.2) is 5.91 Å². The molecule has 2 N–H and O–H groups in total. The zero-order valence-corrected chi connectivity index (χ0v) is 14.8. The van der Waals surface area contributed by atoms with E-state index in [1.807, 2.05) is 61.5 Å². The number of anilines is 3. The third-order valence-corrected chi connectivity index (χ3v) is 4.10. The van der Waals surface area contributed by atoms with Crippen molar-refractivity contribution < 1.29 is 4.79 Å². The van der Waals surface area contributed by atoms with Crippen molar-refractivity contribution in [2.75, 3.05) is 10.6 Å². The van der Waals surface area contributed by atoms with Crippen LogP contribution in [-0.2, 0) is 0 Å². The molecule has 0 saturated heterocycles. The van der Waals surface area contributed by atoms with Gasteiger partial charge >= 0.3 is 0 Å². The van der Waals surface area contributed by atoms with E-state index >= 15 is 0 Å². The molecule has 0 aliphatic rings. The lowest BCUT2D eigenvalue weighted by Crippen LogP contribution is -2.14. The second-order valence-corrected chi connectivity index (χ2v) is 6.31. The molecule has 0 aromatic heterocycles. The number of aryl methyl sites for hydroxylation is 3. The maximum absolute atomic E-state index is 12.7. The van der Waals surface area contributed by atoms with E-state index in [9.17, 15) is 4.79 Å². The van der Waals surface area contributed by atoms with Crippen LogP contribution in [0.4, 0.5) is 17.1 Å². The molecule has 25 heavy (non-hydrogen) atoms. The van der Waals surface area contributed by atoms with Gasteiger partial charge in [-0.2, -0.15) is 0 Å². The molecular formula is C22H22N2O. The summed E-state index contributed by atoms with van der Waals surface area (Å²) in [4.78, 5) is 12.7. The summed E-state index contributed by atoms with van der Waals surface area (Å²) in [5.74, 6) is -0.126. The Bertz CT molecular complexity index is 915. The second kappa shape index (κ2) is 7.22. The fraction of sp³-hybridized carbons (Fsp3) is 0.136. The molecule has 3 aromatic carbocycles. The van der Waals surface area contributed by atoms with Crippen molar-refractivity contribution in [3.63, 3.8) is 0 Å². The first-order valence-corrected chi connectivity index (χ1v) is 8.34. The largest absolute Gasteiger partial charge is 0.355 e. The number of hydrogen-bond donors (Lipinski definition) is 2. The Hall–Kier alpha value is -3.07. The molecule has 0 spiro atoms. The van der Waals surface area contributed by atoms with Gasteiger partial charge in [0.15, 0.2) is 0 Å². The summed E-state index contributed by atoms with van der Waals surface area (Å²) < 4.78 is 0. The lowest BCUT2D eigenvalue weighted by atomic mass is 10.1. The highest BCUT2D eigenvalue weighted by Gasteiger charge is 2.12. The molecule has 0 aliphatic carbocycles. The van der Waals surface area contributed by atoms with Gasteiger partial charge in [0.2, 0.25) is 0 Å². The van der Waals surface area contributed by atoms with Gasteiger partial charge in [0.25, 0.3) is 5.91 Å². The van der Waals surface area contributed by atoms with Gasteiger partial charge in [-0.1, -0.05) is 42.0 Å². The molecule has 0 heterocycles. The van der Waals surface area contributed by atoms with Gasteiger partial charge in [-0.05, 0) is 62.2 Å². The van der Waals surface area contributed by atoms with E-state index < -0.39 is 0 Å². The van der Waals surface area contributed by atoms with Crippen molar-refractivity contribution in [2.24, 2.45) is 0 Å². The van der Waals surface area contributed by atoms with Crippen molar-refractivity contribution in [3.8, 4) is 0 Å². The van der Waals surface area contributed by atoms with Gasteiger partial charge in [0.1, 0.15) is 0 Å². The number of hydrogen-bond acceptors (Lipinski definition) is 2. The summed E-state index contributed by atoms with van der Waals surface area (Å²) >= 11 is 0. The van der Waals surface area contributed by atoms with E-state index in [2.05, 4.69) is 36.6 Å².